The normalized spacial score (nSPS) is 20.3. The van der Waals surface area contributed by atoms with E-state index < -0.39 is 71.2 Å². The summed E-state index contributed by atoms with van der Waals surface area (Å²) in [5.74, 6) is -1.96. The Morgan fingerprint density at radius 2 is 0.879 bits per heavy atom. The standard InChI is InChI=1S/C45H86O12S/c1-3-5-7-9-11-13-15-17-19-20-22-24-26-28-30-32-34-41(47)56-38(36-55-45-44(50)43(49)42(48)39(57-45)37-58(51,52)53)35-54-40(46)33-31-29-27-25-23-21-18-16-14-12-10-8-6-4-2/h38-39,42-45,48-50H,3-37H2,1-2H3,(H,51,52,53)/t38-,39-,42-,43?,44?,45+/m1/s1. The van der Waals surface area contributed by atoms with Crippen LogP contribution in [0.4, 0.5) is 0 Å². The topological polar surface area (TPSA) is 186 Å². The summed E-state index contributed by atoms with van der Waals surface area (Å²) >= 11 is 0. The summed E-state index contributed by atoms with van der Waals surface area (Å²) in [6.07, 6.45) is 27.1. The van der Waals surface area contributed by atoms with Crippen LogP contribution in [0.1, 0.15) is 219 Å². The van der Waals surface area contributed by atoms with E-state index in [1.807, 2.05) is 0 Å². The molecule has 13 heteroatoms. The number of aliphatic hydroxyl groups excluding tert-OH is 3. The fraction of sp³-hybridized carbons (Fsp3) is 0.956. The third kappa shape index (κ3) is 30.6. The van der Waals surface area contributed by atoms with E-state index in [9.17, 15) is 37.9 Å². The number of rotatable bonds is 40. The average Bonchev–Trinajstić information content (AvgIpc) is 3.18. The maximum atomic E-state index is 12.8. The van der Waals surface area contributed by atoms with Crippen LogP contribution in [-0.2, 0) is 38.7 Å². The van der Waals surface area contributed by atoms with Gasteiger partial charge in [0.1, 0.15) is 36.8 Å². The second kappa shape index (κ2) is 36.3. The molecule has 0 radical (unpaired) electrons. The van der Waals surface area contributed by atoms with E-state index in [4.69, 9.17) is 18.9 Å². The van der Waals surface area contributed by atoms with Crippen LogP contribution in [-0.4, -0.2) is 96.0 Å². The molecule has 1 fully saturated rings. The summed E-state index contributed by atoms with van der Waals surface area (Å²) in [6.45, 7) is 3.79. The van der Waals surface area contributed by atoms with Crippen LogP contribution >= 0.6 is 0 Å². The number of carbonyl (C=O) groups excluding carboxylic acids is 2. The number of carbonyl (C=O) groups is 2. The van der Waals surface area contributed by atoms with Crippen molar-refractivity contribution >= 4 is 22.1 Å². The van der Waals surface area contributed by atoms with Crippen molar-refractivity contribution < 1.29 is 56.8 Å². The SMILES string of the molecule is CCCCCCCCCCCCCCCCCCC(=O)O[C@H](COC(=O)CCCCCCCCCCCCCCCC)CO[C@H]1O[C@H](CS(=O)(=O)O)[C@@H](O)C(O)C1O. The van der Waals surface area contributed by atoms with E-state index >= 15 is 0 Å². The summed E-state index contributed by atoms with van der Waals surface area (Å²) < 4.78 is 54.1. The second-order valence-corrected chi connectivity index (χ2v) is 18.3. The van der Waals surface area contributed by atoms with Crippen molar-refractivity contribution in [1.82, 2.24) is 0 Å². The molecule has 6 atom stereocenters. The predicted molar refractivity (Wildman–Crippen MR) is 229 cm³/mol. The van der Waals surface area contributed by atoms with E-state index in [-0.39, 0.29) is 19.4 Å². The van der Waals surface area contributed by atoms with Crippen molar-refractivity contribution in [3.63, 3.8) is 0 Å². The van der Waals surface area contributed by atoms with E-state index in [1.165, 1.54) is 141 Å². The van der Waals surface area contributed by atoms with Crippen molar-refractivity contribution in [2.45, 2.75) is 256 Å². The molecule has 1 rings (SSSR count). The first-order chi connectivity index (χ1) is 28.0. The first-order valence-electron chi connectivity index (χ1n) is 23.6. The summed E-state index contributed by atoms with van der Waals surface area (Å²) in [7, 11) is -4.60. The van der Waals surface area contributed by atoms with E-state index in [0.717, 1.165) is 38.5 Å². The number of aliphatic hydroxyl groups is 3. The number of hydrogen-bond acceptors (Lipinski definition) is 11. The predicted octanol–water partition coefficient (Wildman–Crippen LogP) is 9.68. The quantitative estimate of drug-likeness (QED) is 0.0260. The number of ether oxygens (including phenoxy) is 4. The molecule has 12 nitrogen and oxygen atoms in total. The van der Waals surface area contributed by atoms with Crippen LogP contribution < -0.4 is 0 Å². The molecular formula is C45H86O12S. The minimum atomic E-state index is -4.60. The summed E-state index contributed by atoms with van der Waals surface area (Å²) in [5, 5.41) is 30.9. The van der Waals surface area contributed by atoms with Crippen molar-refractivity contribution in [3.05, 3.63) is 0 Å². The lowest BCUT2D eigenvalue weighted by atomic mass is 10.00. The molecule has 0 aromatic carbocycles. The smallest absolute Gasteiger partial charge is 0.306 e. The van der Waals surface area contributed by atoms with E-state index in [1.54, 1.807) is 0 Å². The molecule has 2 unspecified atom stereocenters. The van der Waals surface area contributed by atoms with Gasteiger partial charge in [-0.2, -0.15) is 8.42 Å². The van der Waals surface area contributed by atoms with Crippen molar-refractivity contribution in [2.75, 3.05) is 19.0 Å². The molecule has 0 aromatic heterocycles. The molecule has 0 amide bonds. The number of esters is 2. The summed E-state index contributed by atoms with van der Waals surface area (Å²) in [4.78, 5) is 25.4. The van der Waals surface area contributed by atoms with Crippen LogP contribution in [0.25, 0.3) is 0 Å². The number of hydrogen-bond donors (Lipinski definition) is 4. The molecule has 0 spiro atoms. The molecule has 1 aliphatic rings. The largest absolute Gasteiger partial charge is 0.462 e. The van der Waals surface area contributed by atoms with E-state index in [0.29, 0.717) is 12.8 Å². The lowest BCUT2D eigenvalue weighted by Crippen LogP contribution is -2.60. The van der Waals surface area contributed by atoms with Gasteiger partial charge in [0, 0.05) is 12.8 Å². The monoisotopic (exact) mass is 851 g/mol. The fourth-order valence-electron chi connectivity index (χ4n) is 7.50. The zero-order valence-electron chi connectivity index (χ0n) is 36.7. The Morgan fingerprint density at radius 1 is 0.517 bits per heavy atom. The first kappa shape index (κ1) is 54.7. The molecule has 4 N–H and O–H groups in total. The van der Waals surface area contributed by atoms with Crippen LogP contribution in [0.5, 0.6) is 0 Å². The highest BCUT2D eigenvalue weighted by Gasteiger charge is 2.46. The molecule has 1 aliphatic heterocycles. The van der Waals surface area contributed by atoms with Gasteiger partial charge in [0.15, 0.2) is 12.4 Å². The van der Waals surface area contributed by atoms with Gasteiger partial charge in [0.25, 0.3) is 10.1 Å². The average molecular weight is 851 g/mol. The van der Waals surface area contributed by atoms with E-state index in [2.05, 4.69) is 13.8 Å². The maximum Gasteiger partial charge on any atom is 0.306 e. The molecule has 0 bridgehead atoms. The van der Waals surface area contributed by atoms with Gasteiger partial charge in [-0.05, 0) is 12.8 Å². The zero-order valence-corrected chi connectivity index (χ0v) is 37.5. The van der Waals surface area contributed by atoms with Crippen LogP contribution in [0, 0.1) is 0 Å². The Labute approximate surface area is 353 Å². The molecule has 344 valence electrons. The highest BCUT2D eigenvalue weighted by atomic mass is 32.2. The molecule has 58 heavy (non-hydrogen) atoms. The Kier molecular flexibility index (Phi) is 34.2. The third-order valence-electron chi connectivity index (χ3n) is 11.2. The van der Waals surface area contributed by atoms with Gasteiger partial charge in [-0.15, -0.1) is 0 Å². The van der Waals surface area contributed by atoms with Crippen molar-refractivity contribution in [1.29, 1.82) is 0 Å². The van der Waals surface area contributed by atoms with Gasteiger partial charge in [0.05, 0.1) is 6.61 Å². The Morgan fingerprint density at radius 3 is 1.26 bits per heavy atom. The molecule has 0 aromatic rings. The van der Waals surface area contributed by atoms with Gasteiger partial charge in [-0.3, -0.25) is 14.1 Å². The fourth-order valence-corrected chi connectivity index (χ4v) is 8.19. The zero-order chi connectivity index (χ0) is 42.7. The maximum absolute atomic E-state index is 12.8. The van der Waals surface area contributed by atoms with Gasteiger partial charge < -0.3 is 34.3 Å². The lowest BCUT2D eigenvalue weighted by molar-refractivity contribution is -0.297. The lowest BCUT2D eigenvalue weighted by Gasteiger charge is -2.40. The summed E-state index contributed by atoms with van der Waals surface area (Å²) in [5.41, 5.74) is 0. The van der Waals surface area contributed by atoms with Gasteiger partial charge >= 0.3 is 11.9 Å². The van der Waals surface area contributed by atoms with Crippen LogP contribution in [0.2, 0.25) is 0 Å². The molecule has 1 heterocycles. The Bertz CT molecular complexity index is 1090. The third-order valence-corrected chi connectivity index (χ3v) is 11.9. The van der Waals surface area contributed by atoms with Gasteiger partial charge in [-0.1, -0.05) is 194 Å². The highest BCUT2D eigenvalue weighted by molar-refractivity contribution is 7.85. The summed E-state index contributed by atoms with van der Waals surface area (Å²) in [6, 6.07) is 0. The van der Waals surface area contributed by atoms with Crippen LogP contribution in [0.3, 0.4) is 0 Å². The van der Waals surface area contributed by atoms with Gasteiger partial charge in [-0.25, -0.2) is 0 Å². The molecular weight excluding hydrogens is 765 g/mol. The Balaban J connectivity index is 2.41. The van der Waals surface area contributed by atoms with Gasteiger partial charge in [0.2, 0.25) is 0 Å². The van der Waals surface area contributed by atoms with Crippen LogP contribution in [0.15, 0.2) is 0 Å². The second-order valence-electron chi connectivity index (χ2n) is 16.8. The minimum absolute atomic E-state index is 0.172. The molecule has 0 aliphatic carbocycles. The molecule has 0 saturated carbocycles. The van der Waals surface area contributed by atoms with Crippen molar-refractivity contribution in [3.8, 4) is 0 Å². The first-order valence-corrected chi connectivity index (χ1v) is 25.2. The van der Waals surface area contributed by atoms with Crippen molar-refractivity contribution in [2.24, 2.45) is 0 Å². The minimum Gasteiger partial charge on any atom is -0.462 e. The highest BCUT2D eigenvalue weighted by Crippen LogP contribution is 2.24. The Hall–Kier alpha value is -1.35. The molecule has 1 saturated heterocycles. The number of unbranched alkanes of at least 4 members (excludes halogenated alkanes) is 28.